The number of aromatic nitrogens is 3. The maximum absolute atomic E-state index is 12.0. The van der Waals surface area contributed by atoms with Gasteiger partial charge >= 0.3 is 0 Å². The number of H-pyrrole nitrogens is 1. The number of imidazole rings is 1. The molecule has 0 radical (unpaired) electrons. The van der Waals surface area contributed by atoms with Crippen molar-refractivity contribution in [2.45, 2.75) is 13.0 Å². The third-order valence-corrected chi connectivity index (χ3v) is 3.56. The van der Waals surface area contributed by atoms with Crippen LogP contribution in [0.3, 0.4) is 0 Å². The minimum absolute atomic E-state index is 0.0630. The lowest BCUT2D eigenvalue weighted by Crippen LogP contribution is -2.24. The monoisotopic (exact) mass is 322 g/mol. The Bertz CT molecular complexity index is 823. The standard InChI is InChI=1S/C17H18N6O/c18-15-6-3-12(9-20-15)7-16(24)21-8-11-1-4-13(5-2-11)14-10-22-17(19)23-14/h1-6,9-10H,7-8H2,(H2,18,20)(H,21,24)(H3,19,22,23). The van der Waals surface area contributed by atoms with E-state index in [1.807, 2.05) is 24.3 Å². The molecule has 0 saturated carbocycles. The van der Waals surface area contributed by atoms with Crippen LogP contribution in [-0.4, -0.2) is 20.9 Å². The molecule has 0 aliphatic carbocycles. The molecule has 0 aliphatic rings. The molecular formula is C17H18N6O. The van der Waals surface area contributed by atoms with Crippen LogP contribution in [0, 0.1) is 0 Å². The highest BCUT2D eigenvalue weighted by molar-refractivity contribution is 5.78. The van der Waals surface area contributed by atoms with Gasteiger partial charge in [0.25, 0.3) is 0 Å². The van der Waals surface area contributed by atoms with Crippen molar-refractivity contribution in [2.24, 2.45) is 0 Å². The number of nitrogens with one attached hydrogen (secondary N) is 2. The van der Waals surface area contributed by atoms with E-state index in [1.165, 1.54) is 0 Å². The molecule has 6 N–H and O–H groups in total. The third-order valence-electron chi connectivity index (χ3n) is 3.56. The maximum Gasteiger partial charge on any atom is 0.224 e. The number of hydrogen-bond donors (Lipinski definition) is 4. The molecule has 7 heteroatoms. The van der Waals surface area contributed by atoms with Crippen LogP contribution in [0.25, 0.3) is 11.3 Å². The second kappa shape index (κ2) is 6.82. The van der Waals surface area contributed by atoms with E-state index in [9.17, 15) is 4.79 Å². The summed E-state index contributed by atoms with van der Waals surface area (Å²) < 4.78 is 0. The van der Waals surface area contributed by atoms with Gasteiger partial charge in [0.15, 0.2) is 5.95 Å². The van der Waals surface area contributed by atoms with Gasteiger partial charge in [0.2, 0.25) is 5.91 Å². The van der Waals surface area contributed by atoms with E-state index >= 15 is 0 Å². The fourth-order valence-corrected chi connectivity index (χ4v) is 2.27. The van der Waals surface area contributed by atoms with Crippen LogP contribution >= 0.6 is 0 Å². The molecule has 1 amide bonds. The number of nitrogens with zero attached hydrogens (tertiary/aromatic N) is 2. The zero-order valence-electron chi connectivity index (χ0n) is 13.0. The predicted octanol–water partition coefficient (Wildman–Crippen LogP) is 1.49. The van der Waals surface area contributed by atoms with Crippen LogP contribution in [0.4, 0.5) is 11.8 Å². The number of carbonyl (C=O) groups excluding carboxylic acids is 1. The molecule has 2 heterocycles. The summed E-state index contributed by atoms with van der Waals surface area (Å²) in [4.78, 5) is 22.9. The molecule has 0 aliphatic heterocycles. The molecule has 2 aromatic heterocycles. The molecule has 3 aromatic rings. The van der Waals surface area contributed by atoms with E-state index < -0.39 is 0 Å². The number of nitrogen functional groups attached to an aromatic ring is 2. The van der Waals surface area contributed by atoms with Gasteiger partial charge in [-0.05, 0) is 22.8 Å². The highest BCUT2D eigenvalue weighted by atomic mass is 16.1. The van der Waals surface area contributed by atoms with Gasteiger partial charge in [-0.1, -0.05) is 30.3 Å². The Morgan fingerprint density at radius 1 is 1.00 bits per heavy atom. The highest BCUT2D eigenvalue weighted by Gasteiger charge is 2.05. The van der Waals surface area contributed by atoms with Crippen molar-refractivity contribution in [3.63, 3.8) is 0 Å². The number of carbonyl (C=O) groups is 1. The Labute approximate surface area is 139 Å². The molecule has 3 rings (SSSR count). The number of amides is 1. The number of anilines is 2. The molecule has 0 unspecified atom stereocenters. The van der Waals surface area contributed by atoms with Crippen LogP contribution in [-0.2, 0) is 17.8 Å². The van der Waals surface area contributed by atoms with E-state index in [2.05, 4.69) is 20.3 Å². The Hall–Kier alpha value is -3.35. The summed E-state index contributed by atoms with van der Waals surface area (Å²) >= 11 is 0. The van der Waals surface area contributed by atoms with Gasteiger partial charge in [-0.2, -0.15) is 0 Å². The van der Waals surface area contributed by atoms with Gasteiger partial charge in [-0.25, -0.2) is 9.97 Å². The van der Waals surface area contributed by atoms with Crippen molar-refractivity contribution in [3.8, 4) is 11.3 Å². The van der Waals surface area contributed by atoms with Gasteiger partial charge < -0.3 is 21.8 Å². The van der Waals surface area contributed by atoms with Crippen molar-refractivity contribution >= 4 is 17.7 Å². The van der Waals surface area contributed by atoms with Crippen LogP contribution < -0.4 is 16.8 Å². The Morgan fingerprint density at radius 3 is 2.38 bits per heavy atom. The molecule has 0 bridgehead atoms. The van der Waals surface area contributed by atoms with E-state index in [0.29, 0.717) is 18.3 Å². The average Bonchev–Trinajstić information content (AvgIpc) is 3.02. The molecule has 0 atom stereocenters. The average molecular weight is 322 g/mol. The van der Waals surface area contributed by atoms with Crippen molar-refractivity contribution in [3.05, 3.63) is 59.9 Å². The number of nitrogens with two attached hydrogens (primary N) is 2. The molecule has 0 saturated heterocycles. The first-order valence-electron chi connectivity index (χ1n) is 7.47. The minimum Gasteiger partial charge on any atom is -0.384 e. The van der Waals surface area contributed by atoms with Crippen LogP contribution in [0.1, 0.15) is 11.1 Å². The maximum atomic E-state index is 12.0. The van der Waals surface area contributed by atoms with E-state index in [-0.39, 0.29) is 12.3 Å². The minimum atomic E-state index is -0.0630. The Balaban J connectivity index is 1.54. The quantitative estimate of drug-likeness (QED) is 0.567. The summed E-state index contributed by atoms with van der Waals surface area (Å²) in [5, 5.41) is 2.89. The van der Waals surface area contributed by atoms with Gasteiger partial charge in [0, 0.05) is 12.7 Å². The van der Waals surface area contributed by atoms with Gasteiger partial charge in [0.05, 0.1) is 18.3 Å². The van der Waals surface area contributed by atoms with Crippen molar-refractivity contribution in [2.75, 3.05) is 11.5 Å². The molecule has 7 nitrogen and oxygen atoms in total. The predicted molar refractivity (Wildman–Crippen MR) is 92.6 cm³/mol. The smallest absolute Gasteiger partial charge is 0.224 e. The highest BCUT2D eigenvalue weighted by Crippen LogP contribution is 2.18. The summed E-state index contributed by atoms with van der Waals surface area (Å²) in [6, 6.07) is 11.3. The summed E-state index contributed by atoms with van der Waals surface area (Å²) in [6.07, 6.45) is 3.57. The normalized spacial score (nSPS) is 10.5. The van der Waals surface area contributed by atoms with Gasteiger partial charge in [0.1, 0.15) is 5.82 Å². The number of aromatic amines is 1. The van der Waals surface area contributed by atoms with Gasteiger partial charge in [-0.15, -0.1) is 0 Å². The lowest BCUT2D eigenvalue weighted by molar-refractivity contribution is -0.120. The number of hydrogen-bond acceptors (Lipinski definition) is 5. The van der Waals surface area contributed by atoms with Crippen molar-refractivity contribution in [1.29, 1.82) is 0 Å². The second-order valence-electron chi connectivity index (χ2n) is 5.42. The SMILES string of the molecule is Nc1ccc(CC(=O)NCc2ccc(-c3cnc(N)[nH]3)cc2)cn1. The van der Waals surface area contributed by atoms with Crippen LogP contribution in [0.5, 0.6) is 0 Å². The number of rotatable bonds is 5. The number of pyridine rings is 1. The zero-order chi connectivity index (χ0) is 16.9. The molecule has 122 valence electrons. The van der Waals surface area contributed by atoms with E-state index in [0.717, 1.165) is 22.4 Å². The van der Waals surface area contributed by atoms with Crippen LogP contribution in [0.15, 0.2) is 48.8 Å². The first-order valence-corrected chi connectivity index (χ1v) is 7.47. The topological polar surface area (TPSA) is 123 Å². The molecule has 1 aromatic carbocycles. The lowest BCUT2D eigenvalue weighted by atomic mass is 10.1. The third kappa shape index (κ3) is 3.89. The second-order valence-corrected chi connectivity index (χ2v) is 5.42. The lowest BCUT2D eigenvalue weighted by Gasteiger charge is -2.06. The first-order chi connectivity index (χ1) is 11.6. The Kier molecular flexibility index (Phi) is 4.42. The summed E-state index contributed by atoms with van der Waals surface area (Å²) in [6.45, 7) is 0.465. The van der Waals surface area contributed by atoms with Gasteiger partial charge in [-0.3, -0.25) is 4.79 Å². The van der Waals surface area contributed by atoms with Crippen molar-refractivity contribution in [1.82, 2.24) is 20.3 Å². The summed E-state index contributed by atoms with van der Waals surface area (Å²) in [5.41, 5.74) is 14.8. The molecule has 0 spiro atoms. The molecule has 24 heavy (non-hydrogen) atoms. The van der Waals surface area contributed by atoms with E-state index in [4.69, 9.17) is 11.5 Å². The fourth-order valence-electron chi connectivity index (χ4n) is 2.27. The Morgan fingerprint density at radius 2 is 1.75 bits per heavy atom. The number of benzene rings is 1. The largest absolute Gasteiger partial charge is 0.384 e. The van der Waals surface area contributed by atoms with Crippen molar-refractivity contribution < 1.29 is 4.79 Å². The van der Waals surface area contributed by atoms with E-state index in [1.54, 1.807) is 24.5 Å². The summed E-state index contributed by atoms with van der Waals surface area (Å²) in [7, 11) is 0. The molecule has 0 fully saturated rings. The van der Waals surface area contributed by atoms with Crippen LogP contribution in [0.2, 0.25) is 0 Å². The zero-order valence-corrected chi connectivity index (χ0v) is 13.0. The fraction of sp³-hybridized carbons (Fsp3) is 0.118. The first kappa shape index (κ1) is 15.5. The summed E-state index contributed by atoms with van der Waals surface area (Å²) in [5.74, 6) is 0.767. The molecular weight excluding hydrogens is 304 g/mol.